The van der Waals surface area contributed by atoms with Gasteiger partial charge in [-0.1, -0.05) is 23.2 Å². The minimum Gasteiger partial charge on any atom is -0.376 e. The molecule has 126 valence electrons. The van der Waals surface area contributed by atoms with Crippen LogP contribution in [-0.2, 0) is 17.8 Å². The summed E-state index contributed by atoms with van der Waals surface area (Å²) in [5.74, 6) is -0.574. The van der Waals surface area contributed by atoms with E-state index in [4.69, 9.17) is 33.7 Å². The van der Waals surface area contributed by atoms with Crippen molar-refractivity contribution in [3.05, 3.63) is 44.2 Å². The van der Waals surface area contributed by atoms with E-state index in [1.807, 2.05) is 0 Å². The van der Waals surface area contributed by atoms with Gasteiger partial charge in [-0.2, -0.15) is 0 Å². The number of primary amides is 1. The Kier molecular flexibility index (Phi) is 4.96. The van der Waals surface area contributed by atoms with Crippen molar-refractivity contribution in [1.29, 1.82) is 0 Å². The van der Waals surface area contributed by atoms with Crippen molar-refractivity contribution in [2.24, 2.45) is 5.73 Å². The Morgan fingerprint density at radius 1 is 1.17 bits per heavy atom. The number of hydrogen-bond donors (Lipinski definition) is 3. The summed E-state index contributed by atoms with van der Waals surface area (Å²) in [6, 6.07) is 4.17. The van der Waals surface area contributed by atoms with Gasteiger partial charge in [0.1, 0.15) is 5.00 Å². The van der Waals surface area contributed by atoms with Crippen LogP contribution in [0.4, 0.5) is 15.5 Å². The second-order valence-corrected chi connectivity index (χ2v) is 7.09. The molecule has 0 aliphatic carbocycles. The highest BCUT2D eigenvalue weighted by molar-refractivity contribution is 7.17. The van der Waals surface area contributed by atoms with Gasteiger partial charge in [-0.25, -0.2) is 4.79 Å². The third kappa shape index (κ3) is 3.64. The monoisotopic (exact) mass is 385 g/mol. The summed E-state index contributed by atoms with van der Waals surface area (Å²) >= 11 is 13.1. The molecule has 0 unspecified atom stereocenters. The third-order valence-corrected chi connectivity index (χ3v) is 4.97. The molecule has 1 aromatic heterocycles. The highest BCUT2D eigenvalue weighted by Crippen LogP contribution is 2.36. The number of urea groups is 1. The Hall–Kier alpha value is -1.80. The average molecular weight is 386 g/mol. The summed E-state index contributed by atoms with van der Waals surface area (Å²) in [6.45, 7) is 0.935. The highest BCUT2D eigenvalue weighted by Gasteiger charge is 2.25. The Morgan fingerprint density at radius 3 is 2.54 bits per heavy atom. The van der Waals surface area contributed by atoms with E-state index in [9.17, 15) is 9.59 Å². The molecule has 0 saturated heterocycles. The number of carbonyl (C=O) groups is 2. The van der Waals surface area contributed by atoms with E-state index in [1.165, 1.54) is 11.3 Å². The van der Waals surface area contributed by atoms with Crippen molar-refractivity contribution in [3.8, 4) is 0 Å². The molecule has 3 amide bonds. The standard InChI is InChI=1S/C15H13Cl2N3O3S/c16-7-3-8(17)5-9(4-7)19-15(22)20-14-12(13(18)21)10-1-2-23-6-11(10)24-14/h3-5H,1-2,6H2,(H2,18,21)(H2,19,20,22). The summed E-state index contributed by atoms with van der Waals surface area (Å²) in [5.41, 5.74) is 7.10. The van der Waals surface area contributed by atoms with Crippen molar-refractivity contribution in [3.63, 3.8) is 0 Å². The minimum atomic E-state index is -0.574. The number of carbonyl (C=O) groups excluding carboxylic acids is 2. The number of halogens is 2. The van der Waals surface area contributed by atoms with Gasteiger partial charge < -0.3 is 15.8 Å². The topological polar surface area (TPSA) is 93.5 Å². The Morgan fingerprint density at radius 2 is 1.88 bits per heavy atom. The van der Waals surface area contributed by atoms with E-state index >= 15 is 0 Å². The Bertz CT molecular complexity index is 802. The molecule has 6 nitrogen and oxygen atoms in total. The maximum Gasteiger partial charge on any atom is 0.324 e. The number of rotatable bonds is 3. The van der Waals surface area contributed by atoms with Crippen LogP contribution in [0.25, 0.3) is 0 Å². The zero-order valence-corrected chi connectivity index (χ0v) is 14.6. The predicted octanol–water partition coefficient (Wildman–Crippen LogP) is 3.87. The van der Waals surface area contributed by atoms with Crippen molar-refractivity contribution in [1.82, 2.24) is 0 Å². The summed E-state index contributed by atoms with van der Waals surface area (Å²) in [6.07, 6.45) is 0.595. The normalized spacial score (nSPS) is 13.2. The molecular weight excluding hydrogens is 373 g/mol. The largest absolute Gasteiger partial charge is 0.376 e. The third-order valence-electron chi connectivity index (χ3n) is 3.41. The van der Waals surface area contributed by atoms with E-state index in [2.05, 4.69) is 10.6 Å². The molecule has 0 bridgehead atoms. The molecule has 0 radical (unpaired) electrons. The Labute approximate surface area is 151 Å². The number of amides is 3. The van der Waals surface area contributed by atoms with Gasteiger partial charge in [-0.3, -0.25) is 10.1 Å². The molecule has 1 aliphatic rings. The van der Waals surface area contributed by atoms with Crippen LogP contribution in [-0.4, -0.2) is 18.5 Å². The van der Waals surface area contributed by atoms with E-state index in [1.54, 1.807) is 18.2 Å². The molecule has 4 N–H and O–H groups in total. The number of benzene rings is 1. The molecule has 3 rings (SSSR count). The second kappa shape index (κ2) is 6.98. The molecule has 0 saturated carbocycles. The molecule has 0 spiro atoms. The fraction of sp³-hybridized carbons (Fsp3) is 0.200. The van der Waals surface area contributed by atoms with Gasteiger partial charge in [0.05, 0.1) is 18.8 Å². The van der Waals surface area contributed by atoms with Crippen molar-refractivity contribution >= 4 is 57.2 Å². The number of nitrogens with two attached hydrogens (primary N) is 1. The summed E-state index contributed by atoms with van der Waals surface area (Å²) in [7, 11) is 0. The average Bonchev–Trinajstić information content (AvgIpc) is 2.83. The second-order valence-electron chi connectivity index (χ2n) is 5.11. The fourth-order valence-corrected chi connectivity index (χ4v) is 4.18. The molecular formula is C15H13Cl2N3O3S. The first-order chi connectivity index (χ1) is 11.4. The van der Waals surface area contributed by atoms with E-state index < -0.39 is 11.9 Å². The highest BCUT2D eigenvalue weighted by atomic mass is 35.5. The van der Waals surface area contributed by atoms with Crippen LogP contribution < -0.4 is 16.4 Å². The van der Waals surface area contributed by atoms with Gasteiger partial charge in [-0.05, 0) is 30.2 Å². The number of nitrogens with one attached hydrogen (secondary N) is 2. The van der Waals surface area contributed by atoms with E-state index in [-0.39, 0.29) is 0 Å². The lowest BCUT2D eigenvalue weighted by Gasteiger charge is -2.12. The molecule has 2 aromatic rings. The van der Waals surface area contributed by atoms with Crippen molar-refractivity contribution in [2.45, 2.75) is 13.0 Å². The van der Waals surface area contributed by atoms with Crippen LogP contribution in [0.1, 0.15) is 20.8 Å². The van der Waals surface area contributed by atoms with Gasteiger partial charge in [-0.15, -0.1) is 11.3 Å². The van der Waals surface area contributed by atoms with Gasteiger partial charge in [0.2, 0.25) is 0 Å². The van der Waals surface area contributed by atoms with Gasteiger partial charge in [0, 0.05) is 20.6 Å². The molecule has 2 heterocycles. The minimum absolute atomic E-state index is 0.345. The summed E-state index contributed by atoms with van der Waals surface area (Å²) < 4.78 is 5.37. The van der Waals surface area contributed by atoms with Crippen LogP contribution in [0.2, 0.25) is 10.0 Å². The molecule has 24 heavy (non-hydrogen) atoms. The van der Waals surface area contributed by atoms with Crippen LogP contribution >= 0.6 is 34.5 Å². The van der Waals surface area contributed by atoms with E-state index in [0.29, 0.717) is 45.9 Å². The maximum absolute atomic E-state index is 12.2. The zero-order chi connectivity index (χ0) is 17.3. The predicted molar refractivity (Wildman–Crippen MR) is 95.3 cm³/mol. The quantitative estimate of drug-likeness (QED) is 0.748. The lowest BCUT2D eigenvalue weighted by molar-refractivity contribution is 0.0991. The molecule has 0 atom stereocenters. The van der Waals surface area contributed by atoms with Crippen molar-refractivity contribution in [2.75, 3.05) is 17.2 Å². The first kappa shape index (κ1) is 17.0. The van der Waals surface area contributed by atoms with Gasteiger partial charge in [0.25, 0.3) is 5.91 Å². The fourth-order valence-electron chi connectivity index (χ4n) is 2.47. The molecule has 9 heteroatoms. The number of hydrogen-bond acceptors (Lipinski definition) is 4. The van der Waals surface area contributed by atoms with Crippen LogP contribution in [0, 0.1) is 0 Å². The van der Waals surface area contributed by atoms with Crippen molar-refractivity contribution < 1.29 is 14.3 Å². The SMILES string of the molecule is NC(=O)c1c(NC(=O)Nc2cc(Cl)cc(Cl)c2)sc2c1CCOC2. The summed E-state index contributed by atoms with van der Waals surface area (Å²) in [4.78, 5) is 24.9. The first-order valence-electron chi connectivity index (χ1n) is 7.00. The van der Waals surface area contributed by atoms with Crippen LogP contribution in [0.15, 0.2) is 18.2 Å². The molecule has 0 fully saturated rings. The number of ether oxygens (including phenoxy) is 1. The van der Waals surface area contributed by atoms with Crippen LogP contribution in [0.5, 0.6) is 0 Å². The maximum atomic E-state index is 12.2. The summed E-state index contributed by atoms with van der Waals surface area (Å²) in [5, 5.41) is 6.50. The van der Waals surface area contributed by atoms with Gasteiger partial charge in [0.15, 0.2) is 0 Å². The van der Waals surface area contributed by atoms with E-state index in [0.717, 1.165) is 10.4 Å². The van der Waals surface area contributed by atoms with Crippen LogP contribution in [0.3, 0.4) is 0 Å². The Balaban J connectivity index is 1.81. The lowest BCUT2D eigenvalue weighted by Crippen LogP contribution is -2.22. The smallest absolute Gasteiger partial charge is 0.324 e. The first-order valence-corrected chi connectivity index (χ1v) is 8.57. The lowest BCUT2D eigenvalue weighted by atomic mass is 10.1. The number of anilines is 2. The molecule has 1 aliphatic heterocycles. The molecule has 1 aromatic carbocycles. The van der Waals surface area contributed by atoms with Gasteiger partial charge >= 0.3 is 6.03 Å². The number of thiophene rings is 1. The zero-order valence-electron chi connectivity index (χ0n) is 12.3. The number of fused-ring (bicyclic) bond motifs is 1.